The minimum Gasteiger partial charge on any atom is -0.298 e. The first kappa shape index (κ1) is 12.8. The summed E-state index contributed by atoms with van der Waals surface area (Å²) in [6, 6.07) is 10.7. The number of rotatable bonds is 4. The van der Waals surface area contributed by atoms with Gasteiger partial charge in [-0.25, -0.2) is 8.78 Å². The Hall–Kier alpha value is -1.68. The SMILES string of the molecule is O=Cc1cccc(SCc2c(F)cccc2F)c1. The monoisotopic (exact) mass is 264 g/mol. The molecule has 18 heavy (non-hydrogen) atoms. The Morgan fingerprint density at radius 2 is 1.72 bits per heavy atom. The molecule has 2 aromatic rings. The van der Waals surface area contributed by atoms with Gasteiger partial charge in [-0.2, -0.15) is 0 Å². The van der Waals surface area contributed by atoms with Gasteiger partial charge >= 0.3 is 0 Å². The molecule has 0 spiro atoms. The van der Waals surface area contributed by atoms with E-state index in [-0.39, 0.29) is 11.3 Å². The van der Waals surface area contributed by atoms with Crippen molar-refractivity contribution in [2.24, 2.45) is 0 Å². The van der Waals surface area contributed by atoms with Crippen LogP contribution in [-0.4, -0.2) is 6.29 Å². The molecule has 0 radical (unpaired) electrons. The van der Waals surface area contributed by atoms with Crippen molar-refractivity contribution in [2.45, 2.75) is 10.6 Å². The minimum absolute atomic E-state index is 0.0546. The summed E-state index contributed by atoms with van der Waals surface area (Å²) in [6.45, 7) is 0. The Labute approximate surface area is 108 Å². The maximum atomic E-state index is 13.4. The highest BCUT2D eigenvalue weighted by molar-refractivity contribution is 7.98. The molecule has 0 N–H and O–H groups in total. The first-order valence-corrected chi connectivity index (χ1v) is 6.30. The van der Waals surface area contributed by atoms with Crippen molar-refractivity contribution in [1.82, 2.24) is 0 Å². The maximum Gasteiger partial charge on any atom is 0.150 e. The van der Waals surface area contributed by atoms with Gasteiger partial charge in [0.2, 0.25) is 0 Å². The van der Waals surface area contributed by atoms with Crippen molar-refractivity contribution in [2.75, 3.05) is 0 Å². The summed E-state index contributed by atoms with van der Waals surface area (Å²) in [5, 5.41) is 0. The first-order chi connectivity index (χ1) is 8.70. The summed E-state index contributed by atoms with van der Waals surface area (Å²) in [7, 11) is 0. The molecule has 4 heteroatoms. The molecule has 0 aromatic heterocycles. The molecule has 1 nitrogen and oxygen atoms in total. The van der Waals surface area contributed by atoms with E-state index in [0.29, 0.717) is 5.56 Å². The van der Waals surface area contributed by atoms with E-state index in [9.17, 15) is 13.6 Å². The van der Waals surface area contributed by atoms with Crippen LogP contribution in [-0.2, 0) is 5.75 Å². The Morgan fingerprint density at radius 1 is 1.06 bits per heavy atom. The van der Waals surface area contributed by atoms with Crippen molar-refractivity contribution in [3.63, 3.8) is 0 Å². The molecule has 0 aliphatic carbocycles. The largest absolute Gasteiger partial charge is 0.298 e. The van der Waals surface area contributed by atoms with Crippen LogP contribution in [0.25, 0.3) is 0 Å². The van der Waals surface area contributed by atoms with Gasteiger partial charge < -0.3 is 0 Å². The molecule has 92 valence electrons. The molecule has 0 saturated heterocycles. The first-order valence-electron chi connectivity index (χ1n) is 5.31. The highest BCUT2D eigenvalue weighted by atomic mass is 32.2. The number of hydrogen-bond acceptors (Lipinski definition) is 2. The third-order valence-corrected chi connectivity index (χ3v) is 3.46. The number of carbonyl (C=O) groups excluding carboxylic acids is 1. The number of halogens is 2. The maximum absolute atomic E-state index is 13.4. The topological polar surface area (TPSA) is 17.1 Å². The van der Waals surface area contributed by atoms with Gasteiger partial charge in [-0.3, -0.25) is 4.79 Å². The average molecular weight is 264 g/mol. The van der Waals surface area contributed by atoms with E-state index in [1.54, 1.807) is 24.3 Å². The van der Waals surface area contributed by atoms with Gasteiger partial charge in [0, 0.05) is 21.8 Å². The zero-order valence-electron chi connectivity index (χ0n) is 9.40. The fourth-order valence-corrected chi connectivity index (χ4v) is 2.48. The number of hydrogen-bond donors (Lipinski definition) is 0. The normalized spacial score (nSPS) is 10.3. The van der Waals surface area contributed by atoms with Gasteiger partial charge in [-0.05, 0) is 24.3 Å². The smallest absolute Gasteiger partial charge is 0.150 e. The number of thioether (sulfide) groups is 1. The Kier molecular flexibility index (Phi) is 4.10. The van der Waals surface area contributed by atoms with Crippen LogP contribution in [0.15, 0.2) is 47.4 Å². The summed E-state index contributed by atoms with van der Waals surface area (Å²) >= 11 is 1.29. The van der Waals surface area contributed by atoms with Gasteiger partial charge in [0.1, 0.15) is 17.9 Å². The van der Waals surface area contributed by atoms with Gasteiger partial charge in [-0.1, -0.05) is 18.2 Å². The van der Waals surface area contributed by atoms with Crippen LogP contribution in [0.2, 0.25) is 0 Å². The predicted octanol–water partition coefficient (Wildman–Crippen LogP) is 4.07. The van der Waals surface area contributed by atoms with E-state index in [0.717, 1.165) is 11.2 Å². The molecular weight excluding hydrogens is 254 g/mol. The Morgan fingerprint density at radius 3 is 2.39 bits per heavy atom. The van der Waals surface area contributed by atoms with E-state index in [4.69, 9.17) is 0 Å². The molecule has 0 saturated carbocycles. The highest BCUT2D eigenvalue weighted by Crippen LogP contribution is 2.25. The summed E-state index contributed by atoms with van der Waals surface area (Å²) in [5.41, 5.74) is 0.605. The number of carbonyl (C=O) groups is 1. The van der Waals surface area contributed by atoms with Crippen LogP contribution < -0.4 is 0 Å². The molecule has 2 rings (SSSR count). The lowest BCUT2D eigenvalue weighted by molar-refractivity contribution is 0.112. The molecule has 2 aromatic carbocycles. The zero-order valence-corrected chi connectivity index (χ0v) is 10.2. The van der Waals surface area contributed by atoms with Crippen LogP contribution >= 0.6 is 11.8 Å². The van der Waals surface area contributed by atoms with Gasteiger partial charge in [0.05, 0.1) is 0 Å². The summed E-state index contributed by atoms with van der Waals surface area (Å²) in [6.07, 6.45) is 0.744. The van der Waals surface area contributed by atoms with Crippen molar-refractivity contribution < 1.29 is 13.6 Å². The fraction of sp³-hybridized carbons (Fsp3) is 0.0714. The molecule has 0 aliphatic heterocycles. The molecule has 0 amide bonds. The lowest BCUT2D eigenvalue weighted by atomic mass is 10.2. The summed E-state index contributed by atoms with van der Waals surface area (Å²) in [4.78, 5) is 11.4. The van der Waals surface area contributed by atoms with Gasteiger partial charge in [-0.15, -0.1) is 11.8 Å². The highest BCUT2D eigenvalue weighted by Gasteiger charge is 2.08. The quantitative estimate of drug-likeness (QED) is 0.611. The molecule has 0 fully saturated rings. The van der Waals surface area contributed by atoms with Crippen molar-refractivity contribution in [3.8, 4) is 0 Å². The summed E-state index contributed by atoms with van der Waals surface area (Å²) < 4.78 is 26.8. The number of aldehydes is 1. The lowest BCUT2D eigenvalue weighted by Gasteiger charge is -2.05. The molecule has 0 bridgehead atoms. The van der Waals surface area contributed by atoms with E-state index in [2.05, 4.69) is 0 Å². The standard InChI is InChI=1S/C14H10F2OS/c15-13-5-2-6-14(16)12(13)9-18-11-4-1-3-10(7-11)8-17/h1-8H,9H2. The van der Waals surface area contributed by atoms with Crippen LogP contribution in [0.4, 0.5) is 8.78 Å². The van der Waals surface area contributed by atoms with E-state index < -0.39 is 11.6 Å². The molecule has 0 unspecified atom stereocenters. The third-order valence-electron chi connectivity index (χ3n) is 2.44. The van der Waals surface area contributed by atoms with Crippen LogP contribution in [0.5, 0.6) is 0 Å². The fourth-order valence-electron chi connectivity index (χ4n) is 1.50. The second-order valence-corrected chi connectivity index (χ2v) is 4.73. The van der Waals surface area contributed by atoms with Crippen molar-refractivity contribution in [1.29, 1.82) is 0 Å². The Balaban J connectivity index is 2.13. The lowest BCUT2D eigenvalue weighted by Crippen LogP contribution is -1.92. The van der Waals surface area contributed by atoms with E-state index in [1.165, 1.54) is 30.0 Å². The average Bonchev–Trinajstić information content (AvgIpc) is 2.38. The minimum atomic E-state index is -0.547. The number of benzene rings is 2. The predicted molar refractivity (Wildman–Crippen MR) is 67.7 cm³/mol. The van der Waals surface area contributed by atoms with E-state index in [1.807, 2.05) is 0 Å². The second kappa shape index (κ2) is 5.78. The third kappa shape index (κ3) is 2.96. The van der Waals surface area contributed by atoms with Crippen molar-refractivity contribution in [3.05, 3.63) is 65.2 Å². The molecule has 0 atom stereocenters. The van der Waals surface area contributed by atoms with Crippen molar-refractivity contribution >= 4 is 18.0 Å². The summed E-state index contributed by atoms with van der Waals surface area (Å²) in [5.74, 6) is -0.899. The van der Waals surface area contributed by atoms with Gasteiger partial charge in [0.25, 0.3) is 0 Å². The zero-order chi connectivity index (χ0) is 13.0. The van der Waals surface area contributed by atoms with E-state index >= 15 is 0 Å². The van der Waals surface area contributed by atoms with Crippen LogP contribution in [0.3, 0.4) is 0 Å². The van der Waals surface area contributed by atoms with Crippen LogP contribution in [0, 0.1) is 11.6 Å². The molecule has 0 heterocycles. The second-order valence-electron chi connectivity index (χ2n) is 3.68. The Bertz CT molecular complexity index is 549. The van der Waals surface area contributed by atoms with Crippen LogP contribution in [0.1, 0.15) is 15.9 Å². The molecule has 0 aliphatic rings. The molecular formula is C14H10F2OS. The van der Waals surface area contributed by atoms with Gasteiger partial charge in [0.15, 0.2) is 0 Å².